The summed E-state index contributed by atoms with van der Waals surface area (Å²) in [5, 5.41) is 0. The Labute approximate surface area is 115 Å². The first-order valence-corrected chi connectivity index (χ1v) is 6.64. The molecule has 0 saturated heterocycles. The summed E-state index contributed by atoms with van der Waals surface area (Å²) in [4.78, 5) is 23.3. The van der Waals surface area contributed by atoms with Gasteiger partial charge in [-0.1, -0.05) is 26.3 Å². The smallest absolute Gasteiger partial charge is 0.337 e. The van der Waals surface area contributed by atoms with E-state index in [0.717, 1.165) is 18.4 Å². The minimum atomic E-state index is -0.416. The molecule has 0 saturated carbocycles. The molecule has 4 heteroatoms. The number of hydrogen-bond acceptors (Lipinski definition) is 3. The maximum atomic E-state index is 11.9. The molecule has 1 aromatic rings. The highest BCUT2D eigenvalue weighted by atomic mass is 16.5. The van der Waals surface area contributed by atoms with E-state index >= 15 is 0 Å². The van der Waals surface area contributed by atoms with Crippen LogP contribution in [0.2, 0.25) is 5.82 Å². The van der Waals surface area contributed by atoms with E-state index in [1.54, 1.807) is 18.2 Å². The summed E-state index contributed by atoms with van der Waals surface area (Å²) in [6.07, 6.45) is 2.34. The summed E-state index contributed by atoms with van der Waals surface area (Å²) < 4.78 is 4.66. The van der Waals surface area contributed by atoms with Gasteiger partial charge < -0.3 is 4.74 Å². The van der Waals surface area contributed by atoms with Gasteiger partial charge in [0.1, 0.15) is 0 Å². The number of fused-ring (bicyclic) bond motifs is 1. The SMILES string of the molecule is CC.[B]C1CCCc2cc(C(=O)OC)ccc2C1=O. The second-order valence-electron chi connectivity index (χ2n) is 4.23. The molecule has 3 nitrogen and oxygen atoms in total. The van der Waals surface area contributed by atoms with Crippen LogP contribution in [0.4, 0.5) is 0 Å². The Hall–Kier alpha value is -1.58. The van der Waals surface area contributed by atoms with Crippen LogP contribution in [0.1, 0.15) is 53.0 Å². The van der Waals surface area contributed by atoms with Crippen LogP contribution >= 0.6 is 0 Å². The predicted molar refractivity (Wildman–Crippen MR) is 75.9 cm³/mol. The van der Waals surface area contributed by atoms with Gasteiger partial charge in [-0.2, -0.15) is 0 Å². The monoisotopic (exact) mass is 258 g/mol. The molecule has 0 bridgehead atoms. The maximum Gasteiger partial charge on any atom is 0.337 e. The van der Waals surface area contributed by atoms with Gasteiger partial charge in [0.2, 0.25) is 0 Å². The van der Waals surface area contributed by atoms with E-state index in [-0.39, 0.29) is 11.8 Å². The molecule has 1 aliphatic rings. The zero-order valence-corrected chi connectivity index (χ0v) is 11.7. The second-order valence-corrected chi connectivity index (χ2v) is 4.23. The number of carbonyl (C=O) groups is 2. The summed E-state index contributed by atoms with van der Waals surface area (Å²) in [5.41, 5.74) is 2.02. The molecule has 1 unspecified atom stereocenters. The summed E-state index contributed by atoms with van der Waals surface area (Å²) in [5.74, 6) is -0.831. The Kier molecular flexibility index (Phi) is 5.80. The number of aryl methyl sites for hydroxylation is 1. The Bertz CT molecular complexity index is 468. The second kappa shape index (κ2) is 7.12. The molecule has 1 aliphatic carbocycles. The van der Waals surface area contributed by atoms with E-state index < -0.39 is 5.82 Å². The molecule has 0 heterocycles. The van der Waals surface area contributed by atoms with Crippen molar-refractivity contribution >= 4 is 19.6 Å². The van der Waals surface area contributed by atoms with Crippen LogP contribution in [0.15, 0.2) is 18.2 Å². The predicted octanol–water partition coefficient (Wildman–Crippen LogP) is 2.98. The minimum absolute atomic E-state index is 0.0334. The normalized spacial score (nSPS) is 17.6. The highest BCUT2D eigenvalue weighted by Gasteiger charge is 2.22. The molecule has 100 valence electrons. The van der Waals surface area contributed by atoms with E-state index in [2.05, 4.69) is 4.74 Å². The van der Waals surface area contributed by atoms with Gasteiger partial charge in [0.05, 0.1) is 20.5 Å². The lowest BCUT2D eigenvalue weighted by atomic mass is 9.79. The third kappa shape index (κ3) is 3.46. The Morgan fingerprint density at radius 2 is 2.05 bits per heavy atom. The summed E-state index contributed by atoms with van der Waals surface area (Å²) in [7, 11) is 7.12. The van der Waals surface area contributed by atoms with Crippen LogP contribution in [0.25, 0.3) is 0 Å². The minimum Gasteiger partial charge on any atom is -0.465 e. The van der Waals surface area contributed by atoms with Crippen LogP contribution in [-0.4, -0.2) is 26.7 Å². The molecular weight excluding hydrogens is 239 g/mol. The lowest BCUT2D eigenvalue weighted by molar-refractivity contribution is 0.0600. The molecule has 2 rings (SSSR count). The molecule has 0 fully saturated rings. The van der Waals surface area contributed by atoms with Gasteiger partial charge >= 0.3 is 5.97 Å². The number of rotatable bonds is 1. The van der Waals surface area contributed by atoms with Gasteiger partial charge in [-0.3, -0.25) is 4.79 Å². The van der Waals surface area contributed by atoms with Crippen LogP contribution in [0.5, 0.6) is 0 Å². The topological polar surface area (TPSA) is 43.4 Å². The van der Waals surface area contributed by atoms with Crippen molar-refractivity contribution in [3.63, 3.8) is 0 Å². The number of benzene rings is 1. The Morgan fingerprint density at radius 1 is 1.37 bits per heavy atom. The van der Waals surface area contributed by atoms with Crippen molar-refractivity contribution in [2.24, 2.45) is 0 Å². The number of esters is 1. The van der Waals surface area contributed by atoms with Crippen molar-refractivity contribution < 1.29 is 14.3 Å². The number of hydrogen-bond donors (Lipinski definition) is 0. The van der Waals surface area contributed by atoms with Crippen molar-refractivity contribution in [3.8, 4) is 0 Å². The molecule has 2 radical (unpaired) electrons. The number of Topliss-reactive ketones (excluding diaryl/α,β-unsaturated/α-hetero) is 1. The number of ether oxygens (including phenoxy) is 1. The van der Waals surface area contributed by atoms with E-state index in [4.69, 9.17) is 7.85 Å². The first-order valence-electron chi connectivity index (χ1n) is 6.64. The molecular formula is C15H19BO3. The van der Waals surface area contributed by atoms with Crippen molar-refractivity contribution in [3.05, 3.63) is 34.9 Å². The molecule has 0 spiro atoms. The maximum absolute atomic E-state index is 11.9. The van der Waals surface area contributed by atoms with Crippen LogP contribution < -0.4 is 0 Å². The van der Waals surface area contributed by atoms with Crippen LogP contribution in [0.3, 0.4) is 0 Å². The lowest BCUT2D eigenvalue weighted by Crippen LogP contribution is -2.09. The van der Waals surface area contributed by atoms with Gasteiger partial charge in [-0.05, 0) is 36.4 Å². The van der Waals surface area contributed by atoms with Crippen molar-refractivity contribution in [1.82, 2.24) is 0 Å². The van der Waals surface area contributed by atoms with Crippen molar-refractivity contribution in [2.45, 2.75) is 38.9 Å². The van der Waals surface area contributed by atoms with E-state index in [9.17, 15) is 9.59 Å². The van der Waals surface area contributed by atoms with Crippen LogP contribution in [0, 0.1) is 0 Å². The standard InChI is InChI=1S/C13H13BO3.C2H6/c1-17-13(16)9-5-6-10-8(7-9)3-2-4-11(14)12(10)15;1-2/h5-7,11H,2-4H2,1H3;1-2H3. The lowest BCUT2D eigenvalue weighted by Gasteiger charge is -2.08. The quantitative estimate of drug-likeness (QED) is 0.442. The highest BCUT2D eigenvalue weighted by Crippen LogP contribution is 2.27. The zero-order chi connectivity index (χ0) is 14.4. The fourth-order valence-electron chi connectivity index (χ4n) is 2.13. The summed E-state index contributed by atoms with van der Waals surface area (Å²) >= 11 is 0. The van der Waals surface area contributed by atoms with E-state index in [1.807, 2.05) is 13.8 Å². The number of carbonyl (C=O) groups excluding carboxylic acids is 2. The zero-order valence-electron chi connectivity index (χ0n) is 11.7. The molecule has 1 atom stereocenters. The first-order chi connectivity index (χ1) is 9.13. The fraction of sp³-hybridized carbons (Fsp3) is 0.467. The number of methoxy groups -OCH3 is 1. The molecule has 0 aliphatic heterocycles. The Morgan fingerprint density at radius 3 is 2.68 bits per heavy atom. The first kappa shape index (κ1) is 15.5. The third-order valence-electron chi connectivity index (χ3n) is 3.09. The van der Waals surface area contributed by atoms with Crippen LogP contribution in [-0.2, 0) is 11.2 Å². The highest BCUT2D eigenvalue weighted by molar-refractivity contribution is 6.28. The van der Waals surface area contributed by atoms with Crippen molar-refractivity contribution in [1.29, 1.82) is 0 Å². The van der Waals surface area contributed by atoms with Gasteiger partial charge in [-0.25, -0.2) is 4.79 Å². The van der Waals surface area contributed by atoms with Gasteiger partial charge in [-0.15, -0.1) is 0 Å². The molecule has 0 aromatic heterocycles. The van der Waals surface area contributed by atoms with E-state index in [0.29, 0.717) is 17.5 Å². The van der Waals surface area contributed by atoms with Gasteiger partial charge in [0.15, 0.2) is 5.78 Å². The molecule has 19 heavy (non-hydrogen) atoms. The fourth-order valence-corrected chi connectivity index (χ4v) is 2.13. The van der Waals surface area contributed by atoms with Crippen molar-refractivity contribution in [2.75, 3.05) is 7.11 Å². The molecule has 0 amide bonds. The molecule has 0 N–H and O–H groups in total. The third-order valence-corrected chi connectivity index (χ3v) is 3.09. The number of ketones is 1. The summed E-state index contributed by atoms with van der Waals surface area (Å²) in [6, 6.07) is 5.02. The Balaban J connectivity index is 0.000000861. The average molecular weight is 258 g/mol. The largest absolute Gasteiger partial charge is 0.465 e. The summed E-state index contributed by atoms with van der Waals surface area (Å²) in [6.45, 7) is 4.00. The average Bonchev–Trinajstić information content (AvgIpc) is 2.60. The molecule has 1 aromatic carbocycles. The van der Waals surface area contributed by atoms with Gasteiger partial charge in [0, 0.05) is 5.56 Å². The van der Waals surface area contributed by atoms with Gasteiger partial charge in [0.25, 0.3) is 0 Å². The van der Waals surface area contributed by atoms with E-state index in [1.165, 1.54) is 7.11 Å².